The van der Waals surface area contributed by atoms with E-state index in [4.69, 9.17) is 4.74 Å². The number of ether oxygens (including phenoxy) is 1. The van der Waals surface area contributed by atoms with Crippen LogP contribution in [0.3, 0.4) is 0 Å². The van der Waals surface area contributed by atoms with Gasteiger partial charge < -0.3 is 20.5 Å². The standard InChI is InChI=1S/C26H33N7O4/c1-37-17-4-2-16(3-5-17)28-23(34)24(35)29-22-19-20(18-6-7-27-21(18)31-30-19)33(32-22)25-9-14-8-15(10-25)12-26(36,11-14)13-25/h6-7,14-17,32,36H,2-5,8-13H2,1H3,(H,28,34)(H,29,35)/t14-,15+,16?,17?,25?,26?. The fourth-order valence-corrected chi connectivity index (χ4v) is 8.21. The van der Waals surface area contributed by atoms with E-state index in [1.54, 1.807) is 13.3 Å². The minimum atomic E-state index is -0.740. The van der Waals surface area contributed by atoms with Crippen LogP contribution in [-0.2, 0) is 19.9 Å². The molecule has 2 amide bonds. The first-order valence-electron chi connectivity index (χ1n) is 13.4. The van der Waals surface area contributed by atoms with Gasteiger partial charge in [0.2, 0.25) is 0 Å². The lowest BCUT2D eigenvalue weighted by Crippen LogP contribution is -2.59. The summed E-state index contributed by atoms with van der Waals surface area (Å²) < 4.78 is 7.50. The predicted molar refractivity (Wildman–Crippen MR) is 135 cm³/mol. The van der Waals surface area contributed by atoms with Gasteiger partial charge in [-0.3, -0.25) is 19.4 Å². The molecule has 5 aliphatic carbocycles. The van der Waals surface area contributed by atoms with Crippen molar-refractivity contribution in [1.29, 1.82) is 0 Å². The van der Waals surface area contributed by atoms with Crippen molar-refractivity contribution in [3.05, 3.63) is 12.3 Å². The Morgan fingerprint density at radius 2 is 1.86 bits per heavy atom. The number of nitrogens with zero attached hydrogens (tertiary/aromatic N) is 4. The van der Waals surface area contributed by atoms with Gasteiger partial charge in [-0.2, -0.15) is 0 Å². The highest BCUT2D eigenvalue weighted by atomic mass is 16.5. The highest BCUT2D eigenvalue weighted by Crippen LogP contribution is 2.61. The summed E-state index contributed by atoms with van der Waals surface area (Å²) in [5, 5.41) is 29.9. The van der Waals surface area contributed by atoms with Gasteiger partial charge in [0.25, 0.3) is 0 Å². The van der Waals surface area contributed by atoms with E-state index in [9.17, 15) is 14.7 Å². The quantitative estimate of drug-likeness (QED) is 0.396. The summed E-state index contributed by atoms with van der Waals surface area (Å²) in [5.74, 6) is -0.120. The van der Waals surface area contributed by atoms with Crippen molar-refractivity contribution in [3.63, 3.8) is 0 Å². The third kappa shape index (κ3) is 3.73. The van der Waals surface area contributed by atoms with Gasteiger partial charge in [0, 0.05) is 25.8 Å². The Balaban J connectivity index is 1.21. The van der Waals surface area contributed by atoms with Crippen molar-refractivity contribution in [2.75, 3.05) is 12.4 Å². The molecule has 0 saturated heterocycles. The number of rotatable bonds is 4. The largest absolute Gasteiger partial charge is 0.390 e. The van der Waals surface area contributed by atoms with Crippen LogP contribution in [0.15, 0.2) is 12.3 Å². The van der Waals surface area contributed by atoms with E-state index in [0.717, 1.165) is 68.7 Å². The zero-order chi connectivity index (χ0) is 25.4. The van der Waals surface area contributed by atoms with E-state index < -0.39 is 17.4 Å². The third-order valence-electron chi connectivity index (χ3n) is 9.35. The minimum Gasteiger partial charge on any atom is -0.390 e. The van der Waals surface area contributed by atoms with E-state index in [2.05, 4.69) is 35.6 Å². The van der Waals surface area contributed by atoms with Crippen molar-refractivity contribution in [2.24, 2.45) is 11.8 Å². The zero-order valence-electron chi connectivity index (χ0n) is 21.0. The number of amides is 2. The first kappa shape index (κ1) is 23.1. The number of carbonyl (C=O) groups is 2. The van der Waals surface area contributed by atoms with Crippen molar-refractivity contribution in [3.8, 4) is 0 Å². The van der Waals surface area contributed by atoms with Crippen molar-refractivity contribution in [2.45, 2.75) is 87.5 Å². The predicted octanol–water partition coefficient (Wildman–Crippen LogP) is 2.36. The SMILES string of the molecule is COC1CCC(NC(=O)C(=O)Nc2[nH]n(C34C[C@@H]5C[C@@H](CC(O)(C5)C3)C4)c3c2nnc2nccc23)CC1. The summed E-state index contributed by atoms with van der Waals surface area (Å²) in [4.78, 5) is 30.1. The number of carbonyl (C=O) groups excluding carboxylic acids is 2. The fraction of sp³-hybridized carbons (Fsp3) is 0.654. The number of aliphatic hydroxyl groups is 1. The molecule has 3 heterocycles. The van der Waals surface area contributed by atoms with Crippen LogP contribution in [-0.4, -0.2) is 66.7 Å². The lowest BCUT2D eigenvalue weighted by molar-refractivity contribution is -0.158. The topological polar surface area (TPSA) is 147 Å². The van der Waals surface area contributed by atoms with E-state index in [1.165, 1.54) is 0 Å². The van der Waals surface area contributed by atoms with Crippen molar-refractivity contribution in [1.82, 2.24) is 30.3 Å². The lowest BCUT2D eigenvalue weighted by Gasteiger charge is -2.60. The van der Waals surface area contributed by atoms with Gasteiger partial charge in [0.05, 0.1) is 22.6 Å². The molecule has 196 valence electrons. The molecule has 0 radical (unpaired) electrons. The van der Waals surface area contributed by atoms with E-state index in [-0.39, 0.29) is 17.7 Å². The molecule has 37 heavy (non-hydrogen) atoms. The Morgan fingerprint density at radius 3 is 2.57 bits per heavy atom. The number of methoxy groups -OCH3 is 1. The minimum absolute atomic E-state index is 0.0439. The van der Waals surface area contributed by atoms with Gasteiger partial charge in [0.15, 0.2) is 17.0 Å². The van der Waals surface area contributed by atoms with E-state index in [1.807, 2.05) is 6.07 Å². The van der Waals surface area contributed by atoms with Crippen LogP contribution in [0.4, 0.5) is 5.82 Å². The van der Waals surface area contributed by atoms with Crippen LogP contribution < -0.4 is 10.6 Å². The van der Waals surface area contributed by atoms with Crippen LogP contribution in [0.1, 0.15) is 64.2 Å². The van der Waals surface area contributed by atoms with Gasteiger partial charge in [-0.05, 0) is 75.7 Å². The molecule has 8 rings (SSSR count). The Kier molecular flexibility index (Phi) is 5.13. The molecule has 4 bridgehead atoms. The van der Waals surface area contributed by atoms with Crippen LogP contribution >= 0.6 is 0 Å². The number of fused-ring (bicyclic) bond motifs is 3. The average Bonchev–Trinajstić information content (AvgIpc) is 3.48. The molecule has 3 aromatic rings. The van der Waals surface area contributed by atoms with Crippen LogP contribution in [0, 0.1) is 11.8 Å². The van der Waals surface area contributed by atoms with Gasteiger partial charge >= 0.3 is 11.8 Å². The monoisotopic (exact) mass is 507 g/mol. The molecule has 11 heteroatoms. The number of aromatic amines is 1. The molecule has 0 aliphatic heterocycles. The Bertz CT molecular complexity index is 1370. The van der Waals surface area contributed by atoms with Crippen LogP contribution in [0.25, 0.3) is 22.1 Å². The molecule has 4 atom stereocenters. The van der Waals surface area contributed by atoms with E-state index in [0.29, 0.717) is 35.2 Å². The normalized spacial score (nSPS) is 34.8. The van der Waals surface area contributed by atoms with Gasteiger partial charge in [-0.15, -0.1) is 10.2 Å². The summed E-state index contributed by atoms with van der Waals surface area (Å²) >= 11 is 0. The summed E-state index contributed by atoms with van der Waals surface area (Å²) in [6.45, 7) is 0. The summed E-state index contributed by atoms with van der Waals surface area (Å²) in [7, 11) is 1.70. The Hall–Kier alpha value is -3.05. The molecule has 2 unspecified atom stereocenters. The highest BCUT2D eigenvalue weighted by molar-refractivity contribution is 6.40. The second kappa shape index (κ2) is 8.22. The van der Waals surface area contributed by atoms with Crippen molar-refractivity contribution >= 4 is 39.7 Å². The smallest absolute Gasteiger partial charge is 0.314 e. The maximum absolute atomic E-state index is 13.0. The molecular weight excluding hydrogens is 474 g/mol. The van der Waals surface area contributed by atoms with Crippen LogP contribution in [0.5, 0.6) is 0 Å². The average molecular weight is 508 g/mol. The number of hydrogen-bond donors (Lipinski definition) is 4. The molecule has 5 fully saturated rings. The Morgan fingerprint density at radius 1 is 1.11 bits per heavy atom. The molecule has 5 aliphatic rings. The zero-order valence-corrected chi connectivity index (χ0v) is 21.0. The number of anilines is 1. The second-order valence-electron chi connectivity index (χ2n) is 11.9. The van der Waals surface area contributed by atoms with Gasteiger partial charge in [-0.25, -0.2) is 4.98 Å². The molecule has 5 saturated carbocycles. The number of hydrogen-bond acceptors (Lipinski definition) is 7. The summed E-state index contributed by atoms with van der Waals surface area (Å²) in [5.41, 5.74) is 0.858. The van der Waals surface area contributed by atoms with E-state index >= 15 is 0 Å². The third-order valence-corrected chi connectivity index (χ3v) is 9.35. The first-order valence-corrected chi connectivity index (χ1v) is 13.4. The molecular formula is C26H33N7O4. The molecule has 0 spiro atoms. The second-order valence-corrected chi connectivity index (χ2v) is 11.9. The number of aromatic nitrogens is 5. The van der Waals surface area contributed by atoms with Gasteiger partial charge in [-0.1, -0.05) is 0 Å². The summed E-state index contributed by atoms with van der Waals surface area (Å²) in [6.07, 6.45) is 10.6. The summed E-state index contributed by atoms with van der Waals surface area (Å²) in [6, 6.07) is 1.86. The lowest BCUT2D eigenvalue weighted by atomic mass is 9.51. The van der Waals surface area contributed by atoms with Gasteiger partial charge in [0.1, 0.15) is 5.52 Å². The fourth-order valence-electron chi connectivity index (χ4n) is 8.21. The molecule has 11 nitrogen and oxygen atoms in total. The molecule has 3 aromatic heterocycles. The first-order chi connectivity index (χ1) is 17.8. The molecule has 0 aromatic carbocycles. The number of nitrogens with one attached hydrogen (secondary N) is 3. The molecule has 4 N–H and O–H groups in total. The maximum atomic E-state index is 13.0. The van der Waals surface area contributed by atoms with Crippen LogP contribution in [0.2, 0.25) is 0 Å². The maximum Gasteiger partial charge on any atom is 0.314 e. The highest BCUT2D eigenvalue weighted by Gasteiger charge is 2.58. The number of H-pyrrole nitrogens is 1. The van der Waals surface area contributed by atoms with Crippen molar-refractivity contribution < 1.29 is 19.4 Å². The Labute approximate surface area is 213 Å².